The number of rotatable bonds is 15. The molecule has 0 aromatic carbocycles. The number of ether oxygens (including phenoxy) is 1. The van der Waals surface area contributed by atoms with Crippen LogP contribution in [0.4, 0.5) is 9.93 Å². The van der Waals surface area contributed by atoms with E-state index in [1.54, 1.807) is 34.6 Å². The van der Waals surface area contributed by atoms with Gasteiger partial charge in [-0.05, 0) is 43.2 Å². The van der Waals surface area contributed by atoms with Crippen molar-refractivity contribution in [3.63, 3.8) is 0 Å². The van der Waals surface area contributed by atoms with Gasteiger partial charge in [0.25, 0.3) is 11.8 Å². The van der Waals surface area contributed by atoms with Crippen molar-refractivity contribution in [2.24, 2.45) is 11.1 Å². The molecule has 2 aliphatic heterocycles. The number of amides is 3. The number of nitrogens with zero attached hydrogens (tertiary/aromatic N) is 8. The standard InChI is InChI=1S/C26H35N11O9S3/c1-11(2)16(22(42)43)46-32-13(17-30-23(27)49-33-17)18(38)29-14-19(39)37-15(21(40)41)12(9-47-20(14)37)10-48-24-31-34-35-36(24)8-6-7-28-25(44)45-26(3,4)5/h11,14,16,20H,6-10H2,1-5H3,(H,28,44)(H,29,38)(H,40,41)(H,42,43)(H2,27,30,33)/b32-13-/t14?,16?,20-/m1/s1. The number of nitrogen functional groups attached to an aromatic ring is 1. The van der Waals surface area contributed by atoms with Crippen LogP contribution in [-0.4, -0.2) is 121 Å². The first-order chi connectivity index (χ1) is 23.1. The van der Waals surface area contributed by atoms with Crippen molar-refractivity contribution in [1.29, 1.82) is 0 Å². The number of oxime groups is 1. The number of fused-ring (bicyclic) bond motifs is 1. The smallest absolute Gasteiger partial charge is 0.407 e. The van der Waals surface area contributed by atoms with Gasteiger partial charge in [-0.15, -0.1) is 16.9 Å². The number of thioether (sulfide) groups is 2. The summed E-state index contributed by atoms with van der Waals surface area (Å²) in [5.74, 6) is -4.61. The van der Waals surface area contributed by atoms with E-state index in [0.29, 0.717) is 30.2 Å². The Bertz CT molecular complexity index is 1650. The van der Waals surface area contributed by atoms with Crippen molar-refractivity contribution in [3.05, 3.63) is 17.1 Å². The third kappa shape index (κ3) is 9.35. The molecule has 0 aliphatic carbocycles. The summed E-state index contributed by atoms with van der Waals surface area (Å²) in [5, 5.41) is 39.7. The van der Waals surface area contributed by atoms with Crippen molar-refractivity contribution in [2.75, 3.05) is 23.8 Å². The Morgan fingerprint density at radius 2 is 1.96 bits per heavy atom. The molecule has 49 heavy (non-hydrogen) atoms. The number of β-lactam (4-membered cyclic amide) rings is 1. The lowest BCUT2D eigenvalue weighted by atomic mass is 10.0. The number of anilines is 1. The first kappa shape index (κ1) is 37.3. The summed E-state index contributed by atoms with van der Waals surface area (Å²) in [6, 6.07) is -1.14. The third-order valence-electron chi connectivity index (χ3n) is 6.60. The van der Waals surface area contributed by atoms with Gasteiger partial charge in [-0.25, -0.2) is 19.1 Å². The molecule has 20 nitrogen and oxygen atoms in total. The minimum atomic E-state index is -1.39. The Labute approximate surface area is 291 Å². The number of carbonyl (C=O) groups is 5. The highest BCUT2D eigenvalue weighted by Gasteiger charge is 2.54. The number of carbonyl (C=O) groups excluding carboxylic acids is 3. The van der Waals surface area contributed by atoms with Gasteiger partial charge in [0.15, 0.2) is 5.13 Å². The van der Waals surface area contributed by atoms with E-state index < -0.39 is 64.6 Å². The van der Waals surface area contributed by atoms with Crippen molar-refractivity contribution in [3.8, 4) is 0 Å². The molecule has 1 fully saturated rings. The molecule has 0 bridgehead atoms. The van der Waals surface area contributed by atoms with Crippen molar-refractivity contribution in [1.82, 2.24) is 45.1 Å². The number of alkyl carbamates (subject to hydrolysis) is 1. The van der Waals surface area contributed by atoms with Crippen molar-refractivity contribution >= 4 is 75.7 Å². The molecule has 0 spiro atoms. The van der Waals surface area contributed by atoms with Gasteiger partial charge in [-0.1, -0.05) is 30.8 Å². The lowest BCUT2D eigenvalue weighted by Gasteiger charge is -2.49. The number of aliphatic carboxylic acids is 2. The number of nitrogens with one attached hydrogen (secondary N) is 2. The van der Waals surface area contributed by atoms with Crippen LogP contribution in [0.15, 0.2) is 21.6 Å². The monoisotopic (exact) mass is 741 g/mol. The predicted molar refractivity (Wildman–Crippen MR) is 175 cm³/mol. The van der Waals surface area contributed by atoms with E-state index in [4.69, 9.17) is 15.3 Å². The van der Waals surface area contributed by atoms with Crippen LogP contribution in [0.25, 0.3) is 0 Å². The summed E-state index contributed by atoms with van der Waals surface area (Å²) < 4.78 is 10.7. The zero-order valence-corrected chi connectivity index (χ0v) is 29.4. The molecule has 1 saturated heterocycles. The van der Waals surface area contributed by atoms with Gasteiger partial charge in [0.05, 0.1) is 0 Å². The summed E-state index contributed by atoms with van der Waals surface area (Å²) >= 11 is 3.20. The van der Waals surface area contributed by atoms with E-state index in [-0.39, 0.29) is 28.2 Å². The SMILES string of the molecule is CC(C)C(O/N=C(\C(=O)NC1C(=O)N2C(C(=O)O)=C(CSc3nnnn3CCCNC(=O)OC(C)(C)C)CS[C@H]12)c1nsc(N)n1)C(=O)O. The number of aromatic nitrogens is 6. The van der Waals surface area contributed by atoms with Crippen LogP contribution in [0.1, 0.15) is 46.9 Å². The van der Waals surface area contributed by atoms with Gasteiger partial charge in [0.1, 0.15) is 22.7 Å². The van der Waals surface area contributed by atoms with E-state index in [1.807, 2.05) is 0 Å². The first-order valence-electron chi connectivity index (χ1n) is 14.7. The molecule has 4 rings (SSSR count). The average Bonchev–Trinajstić information content (AvgIpc) is 3.65. The Hall–Kier alpha value is -4.51. The zero-order valence-electron chi connectivity index (χ0n) is 27.0. The van der Waals surface area contributed by atoms with Gasteiger partial charge < -0.3 is 36.2 Å². The molecule has 3 amide bonds. The lowest BCUT2D eigenvalue weighted by molar-refractivity contribution is -0.153. The van der Waals surface area contributed by atoms with E-state index in [2.05, 4.69) is 40.7 Å². The Morgan fingerprint density at radius 3 is 2.57 bits per heavy atom. The van der Waals surface area contributed by atoms with Gasteiger partial charge in [0, 0.05) is 42.0 Å². The number of tetrazole rings is 1. The number of hydrogen-bond acceptors (Lipinski definition) is 17. The summed E-state index contributed by atoms with van der Waals surface area (Å²) in [6.07, 6.45) is -1.43. The topological polar surface area (TPSA) is 279 Å². The maximum absolute atomic E-state index is 13.3. The van der Waals surface area contributed by atoms with Gasteiger partial charge in [-0.3, -0.25) is 14.5 Å². The van der Waals surface area contributed by atoms with Gasteiger partial charge >= 0.3 is 18.0 Å². The average molecular weight is 742 g/mol. The molecule has 2 unspecified atom stereocenters. The fraction of sp³-hybridized carbons (Fsp3) is 0.577. The highest BCUT2D eigenvalue weighted by molar-refractivity contribution is 8.01. The molecule has 0 saturated carbocycles. The number of nitrogens with two attached hydrogens (primary N) is 1. The minimum absolute atomic E-state index is 0.00810. The van der Waals surface area contributed by atoms with Crippen LogP contribution < -0.4 is 16.4 Å². The normalized spacial score (nSPS) is 18.4. The zero-order chi connectivity index (χ0) is 36.0. The summed E-state index contributed by atoms with van der Waals surface area (Å²) in [7, 11) is 0. The fourth-order valence-corrected chi connectivity index (χ4v) is 7.23. The predicted octanol–water partition coefficient (Wildman–Crippen LogP) is 0.382. The second-order valence-corrected chi connectivity index (χ2v) is 14.7. The molecule has 0 radical (unpaired) electrons. The highest BCUT2D eigenvalue weighted by Crippen LogP contribution is 2.41. The second-order valence-electron chi connectivity index (χ2n) is 11.9. The molecule has 2 aromatic rings. The van der Waals surface area contributed by atoms with E-state index in [0.717, 1.165) is 16.4 Å². The molecule has 3 atom stereocenters. The maximum atomic E-state index is 13.3. The Balaban J connectivity index is 1.40. The van der Waals surface area contributed by atoms with Crippen LogP contribution in [-0.2, 0) is 35.3 Å². The quantitative estimate of drug-likeness (QED) is 0.0542. The second kappa shape index (κ2) is 15.8. The van der Waals surface area contributed by atoms with Crippen LogP contribution in [0.3, 0.4) is 0 Å². The van der Waals surface area contributed by atoms with Crippen LogP contribution in [0.2, 0.25) is 0 Å². The van der Waals surface area contributed by atoms with E-state index >= 15 is 0 Å². The summed E-state index contributed by atoms with van der Waals surface area (Å²) in [4.78, 5) is 72.6. The largest absolute Gasteiger partial charge is 0.478 e. The molecular weight excluding hydrogens is 707 g/mol. The van der Waals surface area contributed by atoms with Gasteiger partial charge in [0.2, 0.25) is 22.8 Å². The van der Waals surface area contributed by atoms with Gasteiger partial charge in [-0.2, -0.15) is 9.36 Å². The Kier molecular flexibility index (Phi) is 12.0. The number of carboxylic acids is 2. The van der Waals surface area contributed by atoms with E-state index in [1.165, 1.54) is 28.2 Å². The molecule has 266 valence electrons. The first-order valence-corrected chi connectivity index (χ1v) is 17.5. The fourth-order valence-electron chi connectivity index (χ4n) is 4.41. The highest BCUT2D eigenvalue weighted by atomic mass is 32.2. The third-order valence-corrected chi connectivity index (χ3v) is 9.53. The molecule has 4 heterocycles. The summed E-state index contributed by atoms with van der Waals surface area (Å²) in [6.45, 7) is 9.15. The number of hydrogen-bond donors (Lipinski definition) is 5. The van der Waals surface area contributed by atoms with E-state index in [9.17, 15) is 34.2 Å². The summed E-state index contributed by atoms with van der Waals surface area (Å²) in [5.41, 5.74) is 4.77. The lowest BCUT2D eigenvalue weighted by Crippen LogP contribution is -2.71. The molecule has 6 N–H and O–H groups in total. The molecule has 2 aromatic heterocycles. The van der Waals surface area contributed by atoms with Crippen molar-refractivity contribution in [2.45, 2.75) is 75.9 Å². The van der Waals surface area contributed by atoms with Crippen LogP contribution >= 0.6 is 35.1 Å². The van der Waals surface area contributed by atoms with Crippen LogP contribution in [0, 0.1) is 5.92 Å². The molecule has 2 aliphatic rings. The Morgan fingerprint density at radius 1 is 1.22 bits per heavy atom. The number of aryl methyl sites for hydroxylation is 1. The van der Waals surface area contributed by atoms with Crippen LogP contribution in [0.5, 0.6) is 0 Å². The molecule has 23 heteroatoms. The minimum Gasteiger partial charge on any atom is -0.478 e. The molecular formula is C26H35N11O9S3. The maximum Gasteiger partial charge on any atom is 0.407 e. The number of carboxylic acid groups (broad SMARTS) is 2. The van der Waals surface area contributed by atoms with Crippen molar-refractivity contribution < 1.29 is 43.8 Å².